The Balaban J connectivity index is 2.05. The van der Waals surface area contributed by atoms with Gasteiger partial charge in [-0.05, 0) is 99.3 Å². The first-order valence-corrected chi connectivity index (χ1v) is 52.6. The minimum atomic E-state index is -4.56. The summed E-state index contributed by atoms with van der Waals surface area (Å²) in [6.07, 6.45) is 5.04. The zero-order valence-electron chi connectivity index (χ0n) is 73.0. The van der Waals surface area contributed by atoms with Crippen molar-refractivity contribution in [2.75, 3.05) is 141 Å². The second kappa shape index (κ2) is 50.2. The topological polar surface area (TPSA) is 588 Å². The summed E-state index contributed by atoms with van der Waals surface area (Å²) in [7, 11) is -30.4. The van der Waals surface area contributed by atoms with Crippen molar-refractivity contribution in [2.24, 2.45) is 35.1 Å². The number of sulfonamides is 7. The molecule has 0 saturated heterocycles. The Morgan fingerprint density at radius 3 is 1.14 bits per heavy atom. The molecule has 0 aliphatic rings. The number of aromatic nitrogens is 1. The number of aliphatic carboxylic acids is 1. The number of primary amides is 1. The van der Waals surface area contributed by atoms with Crippen LogP contribution in [0.5, 0.6) is 0 Å². The predicted molar refractivity (Wildman–Crippen MR) is 467 cm³/mol. The Bertz CT molecular complexity index is 4850. The third-order valence-electron chi connectivity index (χ3n) is 18.8. The van der Waals surface area contributed by atoms with E-state index in [4.69, 9.17) is 11.5 Å². The van der Waals surface area contributed by atoms with Crippen LogP contribution in [0.2, 0.25) is 0 Å². The molecular weight excluding hydrogens is 1750 g/mol. The number of aromatic amines is 1. The summed E-state index contributed by atoms with van der Waals surface area (Å²) in [4.78, 5) is 125. The maximum Gasteiger partial charge on any atom is 0.303 e. The number of para-hydroxylation sites is 1. The molecule has 123 heavy (non-hydrogen) atoms. The summed E-state index contributed by atoms with van der Waals surface area (Å²) in [5.74, 6) is -11.0. The number of nitrogens with one attached hydrogen (secondary N) is 8. The number of carboxylic acids is 1. The molecule has 7 atom stereocenters. The van der Waals surface area contributed by atoms with E-state index in [1.54, 1.807) is 102 Å². The lowest BCUT2D eigenvalue weighted by Crippen LogP contribution is -2.55. The van der Waals surface area contributed by atoms with Crippen molar-refractivity contribution in [2.45, 2.75) is 169 Å². The summed E-state index contributed by atoms with van der Waals surface area (Å²) < 4.78 is 197. The number of carbonyl (C=O) groups excluding carboxylic acids is 8. The highest BCUT2D eigenvalue weighted by atomic mass is 32.2. The fourth-order valence-corrected chi connectivity index (χ4v) is 21.3. The third kappa shape index (κ3) is 43.5. The highest BCUT2D eigenvalue weighted by molar-refractivity contribution is 7.90. The number of carbonyl (C=O) groups is 9. The van der Waals surface area contributed by atoms with E-state index in [9.17, 15) is 107 Å². The van der Waals surface area contributed by atoms with Crippen molar-refractivity contribution in [1.82, 2.24) is 72.3 Å². The van der Waals surface area contributed by atoms with Gasteiger partial charge in [-0.25, -0.2) is 58.9 Å². The molecule has 2 aromatic carbocycles. The number of nitrogens with two attached hydrogens (primary N) is 2. The first-order chi connectivity index (χ1) is 56.6. The van der Waals surface area contributed by atoms with Gasteiger partial charge in [-0.15, -0.1) is 0 Å². The van der Waals surface area contributed by atoms with Gasteiger partial charge in [0, 0.05) is 119 Å². The number of hydrogen-bond acceptors (Lipinski definition) is 24. The van der Waals surface area contributed by atoms with Crippen LogP contribution < -0.4 is 48.7 Å². The minimum absolute atomic E-state index is 0.00179. The number of hydrogen-bond donors (Lipinski definition) is 11. The normalized spacial score (nSPS) is 14.6. The van der Waals surface area contributed by atoms with E-state index >= 15 is 0 Å². The molecule has 0 fully saturated rings. The first kappa shape index (κ1) is 110. The van der Waals surface area contributed by atoms with Crippen LogP contribution in [0.1, 0.15) is 125 Å². The average Bonchev–Trinajstić information content (AvgIpc) is 1.76. The highest BCUT2D eigenvalue weighted by Gasteiger charge is 2.37. The Hall–Kier alpha value is -7.46. The van der Waals surface area contributed by atoms with Crippen molar-refractivity contribution >= 4 is 134 Å². The molecule has 0 radical (unpaired) electrons. The lowest BCUT2D eigenvalue weighted by atomic mass is 10.0. The molecule has 702 valence electrons. The van der Waals surface area contributed by atoms with Gasteiger partial charge in [-0.3, -0.25) is 43.2 Å². The van der Waals surface area contributed by atoms with Crippen molar-refractivity contribution in [3.8, 4) is 0 Å². The fraction of sp³-hybridized carbons (Fsp3) is 0.693. The molecule has 0 aliphatic heterocycles. The van der Waals surface area contributed by atoms with Gasteiger partial charge in [0.25, 0.3) is 0 Å². The van der Waals surface area contributed by atoms with Crippen LogP contribution >= 0.6 is 0 Å². The first-order valence-electron chi connectivity index (χ1n) is 40.2. The average molecular weight is 1880 g/mol. The van der Waals surface area contributed by atoms with Crippen LogP contribution in [-0.4, -0.2) is 336 Å². The molecule has 1 aromatic heterocycles. The van der Waals surface area contributed by atoms with E-state index in [1.807, 2.05) is 13.8 Å². The van der Waals surface area contributed by atoms with Crippen molar-refractivity contribution in [1.29, 1.82) is 0 Å². The Morgan fingerprint density at radius 2 is 0.740 bits per heavy atom. The van der Waals surface area contributed by atoms with Crippen LogP contribution in [0.25, 0.3) is 10.9 Å². The molecule has 3 rings (SSSR count). The van der Waals surface area contributed by atoms with Crippen LogP contribution in [0, 0.1) is 23.7 Å². The standard InChI is InChI=1S/C75H131N17O24S7/c1-52(2)31-62(80-57(10)93)39-88(119(13,107)108)47-72(98)84-64(33-58-23-17-16-18-24-58)40-89(120(14,109)110)45-71(97)82-61(28-29-75(101)102)37-87(118(12,105)106)46-73(99)85-65(34-59-35-78-67-27-20-19-26-66(59)67)41-90(121(15,111)112)44-70(96)81-60(25-21-22-30-76)38-91(122(113,114)50-54(5)6)49-74(100)83-63(32-53(3)4)42-92(123(115,116)51-55(7)8)48-69(95)79-56(9)36-86(43-68(77)94)117(11,103)104/h16-20,23-24,26-27,35,52-56,60-65,78H,21-22,25,28-34,36-51,76H2,1-15H3,(H2,77,94)(H,79,95)(H,80,93)(H,81,96)(H,82,97)(H,83,100)(H,84,98)(H,85,99)(H,101,102)/t56-,60-,61-,62-,63-,64-,65-/m0/s1. The number of nitrogens with zero attached hydrogens (tertiary/aromatic N) is 7. The maximum absolute atomic E-state index is 14.6. The van der Waals surface area contributed by atoms with Crippen LogP contribution in [0.3, 0.4) is 0 Å². The molecule has 41 nitrogen and oxygen atoms in total. The predicted octanol–water partition coefficient (Wildman–Crippen LogP) is -2.16. The zero-order valence-corrected chi connectivity index (χ0v) is 78.7. The highest BCUT2D eigenvalue weighted by Crippen LogP contribution is 2.22. The molecule has 13 N–H and O–H groups in total. The van der Waals surface area contributed by atoms with Crippen LogP contribution in [-0.2, 0) is 126 Å². The van der Waals surface area contributed by atoms with E-state index < -0.39 is 287 Å². The quantitative estimate of drug-likeness (QED) is 0.0268. The molecule has 0 bridgehead atoms. The van der Waals surface area contributed by atoms with E-state index in [0.29, 0.717) is 54.0 Å². The van der Waals surface area contributed by atoms with Gasteiger partial charge in [0.1, 0.15) is 0 Å². The lowest BCUT2D eigenvalue weighted by molar-refractivity contribution is -0.137. The smallest absolute Gasteiger partial charge is 0.303 e. The molecule has 48 heteroatoms. The third-order valence-corrected chi connectivity index (χ3v) is 29.2. The van der Waals surface area contributed by atoms with Crippen molar-refractivity contribution in [3.63, 3.8) is 0 Å². The Kier molecular flexibility index (Phi) is 44.8. The van der Waals surface area contributed by atoms with E-state index in [2.05, 4.69) is 42.2 Å². The SMILES string of the molecule is CC(=O)N[C@@H](CC(C)C)CN(CC(=O)N[C@@H](Cc1ccccc1)CN(CC(=O)N[C@@H](CCC(=O)O)CN(CC(=O)N[C@@H](Cc1c[nH]c2ccccc12)CN(CC(=O)N[C@@H](CCCCN)CN(CC(=O)N[C@@H](CC(C)C)CN(CC(=O)N[C@@H](C)CN(CC(N)=O)S(C)(=O)=O)S(=O)(=O)CC(C)C)S(=O)(=O)CC(C)C)S(C)(=O)=O)S(C)(=O)=O)S(C)(=O)=O)S(C)(=O)=O. The minimum Gasteiger partial charge on any atom is -0.481 e. The molecular formula is C75H131N17O24S7. The van der Waals surface area contributed by atoms with Gasteiger partial charge >= 0.3 is 5.97 Å². The Labute approximate surface area is 726 Å². The zero-order chi connectivity index (χ0) is 93.5. The van der Waals surface area contributed by atoms with Gasteiger partial charge in [0.15, 0.2) is 0 Å². The summed E-state index contributed by atoms with van der Waals surface area (Å²) in [5.41, 5.74) is 12.8. The second-order valence-corrected chi connectivity index (χ2v) is 47.0. The molecule has 0 aliphatic carbocycles. The number of unbranched alkanes of at least 4 members (excludes halogenated alkanes) is 1. The number of rotatable bonds is 61. The summed E-state index contributed by atoms with van der Waals surface area (Å²) in [6, 6.07) is 7.31. The largest absolute Gasteiger partial charge is 0.481 e. The monoisotopic (exact) mass is 1880 g/mol. The van der Waals surface area contributed by atoms with Crippen molar-refractivity contribution < 1.29 is 107 Å². The van der Waals surface area contributed by atoms with Crippen LogP contribution in [0.4, 0.5) is 0 Å². The van der Waals surface area contributed by atoms with Gasteiger partial charge in [0.05, 0.1) is 88.6 Å². The number of amides is 8. The van der Waals surface area contributed by atoms with E-state index in [-0.39, 0.29) is 57.0 Å². The summed E-state index contributed by atoms with van der Waals surface area (Å²) >= 11 is 0. The van der Waals surface area contributed by atoms with Gasteiger partial charge in [0.2, 0.25) is 117 Å². The molecule has 0 spiro atoms. The number of benzene rings is 2. The Morgan fingerprint density at radius 1 is 0.398 bits per heavy atom. The van der Waals surface area contributed by atoms with Gasteiger partial charge in [-0.1, -0.05) is 110 Å². The molecule has 0 unspecified atom stereocenters. The molecule has 3 aromatic rings. The van der Waals surface area contributed by atoms with Gasteiger partial charge in [-0.2, -0.15) is 30.1 Å². The summed E-state index contributed by atoms with van der Waals surface area (Å²) in [6.45, 7) is 6.26. The fourth-order valence-electron chi connectivity index (χ4n) is 13.7. The van der Waals surface area contributed by atoms with Gasteiger partial charge < -0.3 is 58.8 Å². The molecule has 8 amide bonds. The second-order valence-electron chi connectivity index (χ2n) is 33.1. The number of fused-ring (bicyclic) bond motifs is 1. The number of carboxylic acid groups (broad SMARTS) is 1. The number of H-pyrrole nitrogens is 1. The maximum atomic E-state index is 14.6. The van der Waals surface area contributed by atoms with Crippen LogP contribution in [0.15, 0.2) is 60.8 Å². The lowest BCUT2D eigenvalue weighted by Gasteiger charge is -2.31. The molecule has 1 heterocycles. The summed E-state index contributed by atoms with van der Waals surface area (Å²) in [5, 5.41) is 29.1. The van der Waals surface area contributed by atoms with E-state index in [1.165, 1.54) is 13.8 Å². The van der Waals surface area contributed by atoms with Crippen molar-refractivity contribution in [3.05, 3.63) is 71.9 Å². The van der Waals surface area contributed by atoms with E-state index in [0.717, 1.165) is 42.2 Å². The molecule has 0 saturated carbocycles.